The third-order valence-electron chi connectivity index (χ3n) is 3.72. The van der Waals surface area contributed by atoms with Crippen LogP contribution in [0, 0.1) is 0 Å². The van der Waals surface area contributed by atoms with Crippen molar-refractivity contribution >= 4 is 16.8 Å². The lowest BCUT2D eigenvalue weighted by molar-refractivity contribution is 0.187. The average Bonchev–Trinajstić information content (AvgIpc) is 2.32. The molecule has 0 saturated heterocycles. The highest BCUT2D eigenvalue weighted by Crippen LogP contribution is 2.18. The summed E-state index contributed by atoms with van der Waals surface area (Å²) >= 11 is 0. The van der Waals surface area contributed by atoms with Crippen molar-refractivity contribution < 1.29 is 8.85 Å². The summed E-state index contributed by atoms with van der Waals surface area (Å²) in [6.07, 6.45) is 1.18. The van der Waals surface area contributed by atoms with Crippen LogP contribution in [-0.4, -0.2) is 73.2 Å². The minimum Gasteiger partial charge on any atom is -0.395 e. The Morgan fingerprint density at radius 2 is 1.33 bits per heavy atom. The summed E-state index contributed by atoms with van der Waals surface area (Å²) in [5.41, 5.74) is 0. The van der Waals surface area contributed by atoms with Gasteiger partial charge in [0.15, 0.2) is 0 Å². The predicted molar refractivity (Wildman–Crippen MR) is 97.8 cm³/mol. The van der Waals surface area contributed by atoms with E-state index in [9.17, 15) is 0 Å². The standard InChI is InChI=1S/C15H38N2O2Si2/c1-9-18-21(8,19-10-2)15-11-12-17(20(5,6)7)14-13-16(3)4/h9-15H2,1-8H3. The zero-order valence-electron chi connectivity index (χ0n) is 15.7. The molecule has 4 nitrogen and oxygen atoms in total. The molecule has 0 heterocycles. The molecule has 0 unspecified atom stereocenters. The van der Waals surface area contributed by atoms with Crippen LogP contribution in [0.25, 0.3) is 0 Å². The first-order chi connectivity index (χ1) is 9.64. The van der Waals surface area contributed by atoms with E-state index in [1.54, 1.807) is 0 Å². The zero-order chi connectivity index (χ0) is 16.5. The molecule has 128 valence electrons. The molecule has 0 rings (SSSR count). The molecule has 0 aromatic carbocycles. The number of rotatable bonds is 12. The van der Waals surface area contributed by atoms with E-state index in [4.69, 9.17) is 8.85 Å². The second kappa shape index (κ2) is 10.1. The molecule has 0 fully saturated rings. The second-order valence-corrected chi connectivity index (χ2v) is 15.4. The maximum Gasteiger partial charge on any atom is 0.334 e. The molecule has 0 amide bonds. The van der Waals surface area contributed by atoms with Gasteiger partial charge in [0.1, 0.15) is 8.24 Å². The number of likely N-dealkylation sites (N-methyl/N-ethyl adjacent to an activating group) is 1. The molecule has 0 aliphatic carbocycles. The molecule has 0 aliphatic rings. The van der Waals surface area contributed by atoms with Crippen molar-refractivity contribution in [2.24, 2.45) is 0 Å². The van der Waals surface area contributed by atoms with Crippen LogP contribution in [-0.2, 0) is 8.85 Å². The molecule has 0 bridgehead atoms. The third kappa shape index (κ3) is 9.81. The molecule has 0 spiro atoms. The van der Waals surface area contributed by atoms with Crippen molar-refractivity contribution in [3.05, 3.63) is 0 Å². The van der Waals surface area contributed by atoms with E-state index in [1.807, 2.05) is 0 Å². The Morgan fingerprint density at radius 3 is 1.71 bits per heavy atom. The predicted octanol–water partition coefficient (Wildman–Crippen LogP) is 3.22. The quantitative estimate of drug-likeness (QED) is 0.512. The minimum absolute atomic E-state index is 0.765. The van der Waals surface area contributed by atoms with Gasteiger partial charge in [0.2, 0.25) is 0 Å². The summed E-state index contributed by atoms with van der Waals surface area (Å²) in [7, 11) is 1.11. The Bertz CT molecular complexity index is 265. The van der Waals surface area contributed by atoms with Gasteiger partial charge in [-0.15, -0.1) is 0 Å². The van der Waals surface area contributed by atoms with Crippen LogP contribution >= 0.6 is 0 Å². The molecular weight excluding hydrogens is 296 g/mol. The summed E-state index contributed by atoms with van der Waals surface area (Å²) in [5, 5.41) is 0. The van der Waals surface area contributed by atoms with Gasteiger partial charge in [-0.05, 0) is 53.5 Å². The molecule has 21 heavy (non-hydrogen) atoms. The number of hydrogen-bond donors (Lipinski definition) is 0. The van der Waals surface area contributed by atoms with Gasteiger partial charge >= 0.3 is 8.56 Å². The van der Waals surface area contributed by atoms with Crippen LogP contribution in [0.15, 0.2) is 0 Å². The highest BCUT2D eigenvalue weighted by Gasteiger charge is 2.31. The highest BCUT2D eigenvalue weighted by molar-refractivity contribution is 6.73. The van der Waals surface area contributed by atoms with Crippen LogP contribution in [0.2, 0.25) is 32.2 Å². The summed E-state index contributed by atoms with van der Waals surface area (Å²) in [4.78, 5) is 2.27. The first-order valence-corrected chi connectivity index (χ1v) is 14.3. The SMILES string of the molecule is CCO[Si](C)(CCCN(CCN(C)C)[Si](C)(C)C)OCC. The lowest BCUT2D eigenvalue weighted by Crippen LogP contribution is -2.49. The Kier molecular flexibility index (Phi) is 10.3. The van der Waals surface area contributed by atoms with E-state index in [-0.39, 0.29) is 0 Å². The first kappa shape index (κ1) is 21.3. The smallest absolute Gasteiger partial charge is 0.334 e. The van der Waals surface area contributed by atoms with Gasteiger partial charge in [-0.1, -0.05) is 19.6 Å². The normalized spacial score (nSPS) is 13.4. The maximum atomic E-state index is 5.94. The van der Waals surface area contributed by atoms with Gasteiger partial charge in [0, 0.05) is 26.3 Å². The van der Waals surface area contributed by atoms with E-state index < -0.39 is 16.8 Å². The van der Waals surface area contributed by atoms with E-state index in [0.29, 0.717) is 0 Å². The van der Waals surface area contributed by atoms with Crippen molar-refractivity contribution in [3.8, 4) is 0 Å². The average molecular weight is 335 g/mol. The van der Waals surface area contributed by atoms with Crippen LogP contribution < -0.4 is 0 Å². The summed E-state index contributed by atoms with van der Waals surface area (Å²) in [6, 6.07) is 1.09. The van der Waals surface area contributed by atoms with E-state index >= 15 is 0 Å². The van der Waals surface area contributed by atoms with Crippen molar-refractivity contribution in [1.82, 2.24) is 9.47 Å². The molecule has 0 aromatic rings. The molecule has 0 radical (unpaired) electrons. The Labute approximate surface area is 135 Å². The molecule has 0 saturated carbocycles. The Morgan fingerprint density at radius 1 is 0.810 bits per heavy atom. The van der Waals surface area contributed by atoms with Gasteiger partial charge in [-0.25, -0.2) is 0 Å². The fourth-order valence-electron chi connectivity index (χ4n) is 2.49. The topological polar surface area (TPSA) is 24.9 Å². The molecule has 0 atom stereocenters. The van der Waals surface area contributed by atoms with Crippen LogP contribution in [0.1, 0.15) is 20.3 Å². The lowest BCUT2D eigenvalue weighted by Gasteiger charge is -2.36. The molecular formula is C15H38N2O2Si2. The summed E-state index contributed by atoms with van der Waals surface area (Å²) < 4.78 is 14.6. The molecule has 0 N–H and O–H groups in total. The number of nitrogens with zero attached hydrogens (tertiary/aromatic N) is 2. The van der Waals surface area contributed by atoms with Gasteiger partial charge in [0.25, 0.3) is 0 Å². The second-order valence-electron chi connectivity index (χ2n) is 7.06. The van der Waals surface area contributed by atoms with Crippen LogP contribution in [0.5, 0.6) is 0 Å². The molecule has 6 heteroatoms. The maximum absolute atomic E-state index is 5.94. The van der Waals surface area contributed by atoms with Gasteiger partial charge < -0.3 is 18.3 Å². The Balaban J connectivity index is 4.39. The van der Waals surface area contributed by atoms with Crippen LogP contribution in [0.4, 0.5) is 0 Å². The third-order valence-corrected chi connectivity index (χ3v) is 9.13. The van der Waals surface area contributed by atoms with Crippen molar-refractivity contribution in [2.45, 2.75) is 52.5 Å². The first-order valence-electron chi connectivity index (χ1n) is 8.32. The van der Waals surface area contributed by atoms with Gasteiger partial charge in [-0.3, -0.25) is 0 Å². The fourth-order valence-corrected chi connectivity index (χ4v) is 6.48. The summed E-state index contributed by atoms with van der Waals surface area (Å²) in [5.74, 6) is 0. The molecule has 0 aromatic heterocycles. The fraction of sp³-hybridized carbons (Fsp3) is 1.00. The van der Waals surface area contributed by atoms with Crippen molar-refractivity contribution in [3.63, 3.8) is 0 Å². The minimum atomic E-state index is -1.94. The van der Waals surface area contributed by atoms with Crippen LogP contribution in [0.3, 0.4) is 0 Å². The monoisotopic (exact) mass is 334 g/mol. The highest BCUT2D eigenvalue weighted by atomic mass is 28.4. The van der Waals surface area contributed by atoms with Crippen molar-refractivity contribution in [1.29, 1.82) is 0 Å². The largest absolute Gasteiger partial charge is 0.395 e. The summed E-state index contributed by atoms with van der Waals surface area (Å²) in [6.45, 7) is 18.7. The van der Waals surface area contributed by atoms with E-state index in [0.717, 1.165) is 25.8 Å². The van der Waals surface area contributed by atoms with Crippen molar-refractivity contribution in [2.75, 3.05) is 46.9 Å². The lowest BCUT2D eigenvalue weighted by atomic mass is 10.4. The van der Waals surface area contributed by atoms with Gasteiger partial charge in [0.05, 0.1) is 0 Å². The number of hydrogen-bond acceptors (Lipinski definition) is 4. The zero-order valence-corrected chi connectivity index (χ0v) is 17.7. The van der Waals surface area contributed by atoms with Gasteiger partial charge in [-0.2, -0.15) is 0 Å². The molecule has 0 aliphatic heterocycles. The Hall–Kier alpha value is 0.274. The van der Waals surface area contributed by atoms with E-state index in [2.05, 4.69) is 63.6 Å². The van der Waals surface area contributed by atoms with E-state index in [1.165, 1.54) is 19.5 Å².